The Morgan fingerprint density at radius 3 is 2.50 bits per heavy atom. The Kier molecular flexibility index (Phi) is 3.35. The van der Waals surface area contributed by atoms with Gasteiger partial charge in [-0.05, 0) is 36.4 Å². The molecule has 0 unspecified atom stereocenters. The van der Waals surface area contributed by atoms with Crippen molar-refractivity contribution in [3.63, 3.8) is 0 Å². The molecule has 90 valence electrons. The molecule has 0 spiro atoms. The van der Waals surface area contributed by atoms with Gasteiger partial charge in [0, 0.05) is 5.02 Å². The number of hydrogen-bond acceptors (Lipinski definition) is 3. The van der Waals surface area contributed by atoms with Crippen LogP contribution in [0.1, 0.15) is 5.56 Å². The van der Waals surface area contributed by atoms with Gasteiger partial charge in [0.1, 0.15) is 0 Å². The van der Waals surface area contributed by atoms with E-state index in [1.165, 1.54) is 18.2 Å². The summed E-state index contributed by atoms with van der Waals surface area (Å²) in [7, 11) is 0. The minimum atomic E-state index is -0.622. The standard InChI is InChI=1S/C13H8ClFN2O/c14-9-2-4-13(11(17)6-9)18-12-3-1-8(7-16)5-10(12)15/h1-6H,17H2. The second-order valence-electron chi connectivity index (χ2n) is 3.54. The Labute approximate surface area is 108 Å². The van der Waals surface area contributed by atoms with Crippen molar-refractivity contribution in [3.05, 3.63) is 52.8 Å². The number of hydrogen-bond donors (Lipinski definition) is 1. The predicted molar refractivity (Wildman–Crippen MR) is 67.1 cm³/mol. The predicted octanol–water partition coefficient (Wildman–Crippen LogP) is 3.73. The number of nitrogens with two attached hydrogens (primary N) is 1. The zero-order chi connectivity index (χ0) is 13.1. The lowest BCUT2D eigenvalue weighted by atomic mass is 10.2. The highest BCUT2D eigenvalue weighted by Crippen LogP contribution is 2.31. The van der Waals surface area contributed by atoms with E-state index in [9.17, 15) is 4.39 Å². The van der Waals surface area contributed by atoms with Crippen molar-refractivity contribution in [1.82, 2.24) is 0 Å². The highest BCUT2D eigenvalue weighted by molar-refractivity contribution is 6.30. The molecule has 0 amide bonds. The van der Waals surface area contributed by atoms with E-state index >= 15 is 0 Å². The van der Waals surface area contributed by atoms with Crippen LogP contribution in [0.5, 0.6) is 11.5 Å². The third kappa shape index (κ3) is 2.53. The maximum atomic E-state index is 13.6. The molecule has 2 N–H and O–H groups in total. The van der Waals surface area contributed by atoms with Crippen LogP contribution < -0.4 is 10.5 Å². The Morgan fingerprint density at radius 2 is 1.89 bits per heavy atom. The summed E-state index contributed by atoms with van der Waals surface area (Å²) in [6, 6.07) is 10.4. The van der Waals surface area contributed by atoms with E-state index in [2.05, 4.69) is 0 Å². The van der Waals surface area contributed by atoms with Gasteiger partial charge in [-0.25, -0.2) is 4.39 Å². The molecule has 2 aromatic carbocycles. The molecular weight excluding hydrogens is 255 g/mol. The molecular formula is C13H8ClFN2O. The SMILES string of the molecule is N#Cc1ccc(Oc2ccc(Cl)cc2N)c(F)c1. The lowest BCUT2D eigenvalue weighted by molar-refractivity contribution is 0.444. The van der Waals surface area contributed by atoms with Crippen molar-refractivity contribution in [2.75, 3.05) is 5.73 Å². The average molecular weight is 263 g/mol. The Morgan fingerprint density at radius 1 is 1.17 bits per heavy atom. The molecule has 0 aromatic heterocycles. The Bertz CT molecular complexity index is 637. The molecule has 0 fully saturated rings. The maximum absolute atomic E-state index is 13.6. The van der Waals surface area contributed by atoms with Crippen molar-refractivity contribution < 1.29 is 9.13 Å². The normalized spacial score (nSPS) is 9.83. The Balaban J connectivity index is 2.32. The Hall–Kier alpha value is -2.25. The van der Waals surface area contributed by atoms with Gasteiger partial charge in [-0.15, -0.1) is 0 Å². The molecule has 0 aliphatic carbocycles. The number of ether oxygens (including phenoxy) is 1. The lowest BCUT2D eigenvalue weighted by Crippen LogP contribution is -1.94. The minimum Gasteiger partial charge on any atom is -0.452 e. The highest BCUT2D eigenvalue weighted by Gasteiger charge is 2.08. The quantitative estimate of drug-likeness (QED) is 0.839. The van der Waals surface area contributed by atoms with Crippen LogP contribution >= 0.6 is 11.6 Å². The lowest BCUT2D eigenvalue weighted by Gasteiger charge is -2.09. The van der Waals surface area contributed by atoms with Crippen LogP contribution in [0.2, 0.25) is 5.02 Å². The summed E-state index contributed by atoms with van der Waals surface area (Å²) in [6.07, 6.45) is 0. The third-order valence-corrected chi connectivity index (χ3v) is 2.49. The van der Waals surface area contributed by atoms with Crippen molar-refractivity contribution in [3.8, 4) is 17.6 Å². The first-order valence-corrected chi connectivity index (χ1v) is 5.40. The summed E-state index contributed by atoms with van der Waals surface area (Å²) in [6.45, 7) is 0. The summed E-state index contributed by atoms with van der Waals surface area (Å²) in [5.74, 6) is -0.311. The second kappa shape index (κ2) is 4.94. The second-order valence-corrected chi connectivity index (χ2v) is 3.98. The van der Waals surface area contributed by atoms with E-state index in [1.807, 2.05) is 6.07 Å². The van der Waals surface area contributed by atoms with Crippen molar-refractivity contribution >= 4 is 17.3 Å². The number of halogens is 2. The summed E-state index contributed by atoms with van der Waals surface area (Å²) in [5, 5.41) is 9.10. The number of benzene rings is 2. The van der Waals surface area contributed by atoms with Gasteiger partial charge >= 0.3 is 0 Å². The molecule has 3 nitrogen and oxygen atoms in total. The van der Waals surface area contributed by atoms with Crippen LogP contribution in [0.4, 0.5) is 10.1 Å². The molecule has 0 aliphatic heterocycles. The van der Waals surface area contributed by atoms with Crippen molar-refractivity contribution in [2.24, 2.45) is 0 Å². The number of rotatable bonds is 2. The van der Waals surface area contributed by atoms with Crippen LogP contribution in [0.3, 0.4) is 0 Å². The molecule has 0 saturated carbocycles. The third-order valence-electron chi connectivity index (χ3n) is 2.25. The average Bonchev–Trinajstić information content (AvgIpc) is 2.34. The zero-order valence-electron chi connectivity index (χ0n) is 9.15. The number of nitrogens with zero attached hydrogens (tertiary/aromatic N) is 1. The van der Waals surface area contributed by atoms with Gasteiger partial charge in [0.15, 0.2) is 17.3 Å². The monoisotopic (exact) mass is 262 g/mol. The van der Waals surface area contributed by atoms with Gasteiger partial charge in [0.05, 0.1) is 17.3 Å². The number of nitriles is 1. The van der Waals surface area contributed by atoms with Crippen LogP contribution in [0.15, 0.2) is 36.4 Å². The molecule has 0 heterocycles. The van der Waals surface area contributed by atoms with Crippen LogP contribution in [0, 0.1) is 17.1 Å². The van der Waals surface area contributed by atoms with E-state index in [0.717, 1.165) is 6.07 Å². The van der Waals surface area contributed by atoms with Gasteiger partial charge < -0.3 is 10.5 Å². The zero-order valence-corrected chi connectivity index (χ0v) is 9.91. The first-order chi connectivity index (χ1) is 8.60. The van der Waals surface area contributed by atoms with Crippen molar-refractivity contribution in [1.29, 1.82) is 5.26 Å². The van der Waals surface area contributed by atoms with Crippen molar-refractivity contribution in [2.45, 2.75) is 0 Å². The van der Waals surface area contributed by atoms with Gasteiger partial charge in [-0.3, -0.25) is 0 Å². The molecule has 0 bridgehead atoms. The fourth-order valence-electron chi connectivity index (χ4n) is 1.38. The van der Waals surface area contributed by atoms with E-state index in [0.29, 0.717) is 16.5 Å². The highest BCUT2D eigenvalue weighted by atomic mass is 35.5. The molecule has 2 rings (SSSR count). The smallest absolute Gasteiger partial charge is 0.167 e. The van der Waals surface area contributed by atoms with E-state index < -0.39 is 5.82 Å². The topological polar surface area (TPSA) is 59.0 Å². The molecule has 0 radical (unpaired) electrons. The summed E-state index contributed by atoms with van der Waals surface area (Å²) < 4.78 is 18.9. The van der Waals surface area contributed by atoms with Gasteiger partial charge in [-0.2, -0.15) is 5.26 Å². The van der Waals surface area contributed by atoms with E-state index in [4.69, 9.17) is 27.3 Å². The van der Waals surface area contributed by atoms with Gasteiger partial charge in [0.2, 0.25) is 0 Å². The van der Waals surface area contributed by atoms with E-state index in [1.54, 1.807) is 12.1 Å². The van der Waals surface area contributed by atoms with Gasteiger partial charge in [-0.1, -0.05) is 11.6 Å². The largest absolute Gasteiger partial charge is 0.452 e. The molecule has 0 atom stereocenters. The first-order valence-electron chi connectivity index (χ1n) is 5.02. The molecule has 2 aromatic rings. The van der Waals surface area contributed by atoms with E-state index in [-0.39, 0.29) is 11.3 Å². The fourth-order valence-corrected chi connectivity index (χ4v) is 1.56. The van der Waals surface area contributed by atoms with Crippen LogP contribution in [0.25, 0.3) is 0 Å². The maximum Gasteiger partial charge on any atom is 0.167 e. The molecule has 5 heteroatoms. The van der Waals surface area contributed by atoms with Gasteiger partial charge in [0.25, 0.3) is 0 Å². The number of anilines is 1. The fraction of sp³-hybridized carbons (Fsp3) is 0. The molecule has 0 aliphatic rings. The van der Waals surface area contributed by atoms with Crippen LogP contribution in [-0.2, 0) is 0 Å². The minimum absolute atomic E-state index is 0.00280. The first kappa shape index (κ1) is 12.2. The molecule has 0 saturated heterocycles. The molecule has 18 heavy (non-hydrogen) atoms. The van der Waals surface area contributed by atoms with Crippen LogP contribution in [-0.4, -0.2) is 0 Å². The summed E-state index contributed by atoms with van der Waals surface area (Å²) >= 11 is 5.75. The number of nitrogen functional groups attached to an aromatic ring is 1. The summed E-state index contributed by atoms with van der Waals surface area (Å²) in [4.78, 5) is 0. The summed E-state index contributed by atoms with van der Waals surface area (Å²) in [5.41, 5.74) is 6.23.